The summed E-state index contributed by atoms with van der Waals surface area (Å²) in [5, 5.41) is 12.7. The first-order chi connectivity index (χ1) is 16.5. The molecule has 0 unspecified atom stereocenters. The van der Waals surface area contributed by atoms with Crippen LogP contribution in [0.5, 0.6) is 11.8 Å². The van der Waals surface area contributed by atoms with Gasteiger partial charge in [-0.1, -0.05) is 30.8 Å². The van der Waals surface area contributed by atoms with Crippen LogP contribution in [0.1, 0.15) is 16.8 Å². The molecule has 0 aliphatic carbocycles. The van der Waals surface area contributed by atoms with E-state index in [1.807, 2.05) is 36.1 Å². The van der Waals surface area contributed by atoms with E-state index in [1.165, 1.54) is 6.08 Å². The van der Waals surface area contributed by atoms with Crippen molar-refractivity contribution in [3.05, 3.63) is 59.8 Å². The Morgan fingerprint density at radius 2 is 1.88 bits per heavy atom. The molecule has 0 bridgehead atoms. The van der Waals surface area contributed by atoms with Crippen molar-refractivity contribution in [3.8, 4) is 11.8 Å². The molecule has 176 valence electrons. The number of piperazine rings is 1. The van der Waals surface area contributed by atoms with Crippen LogP contribution in [-0.4, -0.2) is 65.7 Å². The number of benzene rings is 2. The van der Waals surface area contributed by atoms with Crippen LogP contribution in [0.15, 0.2) is 43.0 Å². The molecule has 1 amide bonds. The van der Waals surface area contributed by atoms with E-state index in [-0.39, 0.29) is 5.91 Å². The van der Waals surface area contributed by atoms with Crippen molar-refractivity contribution >= 4 is 28.2 Å². The van der Waals surface area contributed by atoms with Crippen LogP contribution in [0, 0.1) is 6.92 Å². The van der Waals surface area contributed by atoms with Gasteiger partial charge in [0.2, 0.25) is 5.91 Å². The normalized spacial score (nSPS) is 15.9. The predicted molar refractivity (Wildman–Crippen MR) is 133 cm³/mol. The Morgan fingerprint density at radius 1 is 1.12 bits per heavy atom. The molecule has 0 atom stereocenters. The van der Waals surface area contributed by atoms with E-state index in [2.05, 4.69) is 22.4 Å². The molecule has 3 aromatic rings. The van der Waals surface area contributed by atoms with Gasteiger partial charge in [0.15, 0.2) is 0 Å². The van der Waals surface area contributed by atoms with Crippen molar-refractivity contribution in [2.45, 2.75) is 19.9 Å². The number of fused-ring (bicyclic) bond motifs is 2. The highest BCUT2D eigenvalue weighted by Gasteiger charge is 2.29. The largest absolute Gasteiger partial charge is 0.508 e. The molecule has 0 saturated carbocycles. The highest BCUT2D eigenvalue weighted by Crippen LogP contribution is 2.39. The number of rotatable bonds is 4. The lowest BCUT2D eigenvalue weighted by molar-refractivity contribution is -0.126. The number of nitrogens with zero attached hydrogens (tertiary/aromatic N) is 5. The first-order valence-corrected chi connectivity index (χ1v) is 11.6. The maximum atomic E-state index is 12.0. The molecule has 34 heavy (non-hydrogen) atoms. The van der Waals surface area contributed by atoms with Gasteiger partial charge in [0.25, 0.3) is 0 Å². The fourth-order valence-corrected chi connectivity index (χ4v) is 5.02. The lowest BCUT2D eigenvalue weighted by Gasteiger charge is -2.38. The summed E-state index contributed by atoms with van der Waals surface area (Å²) in [4.78, 5) is 27.7. The summed E-state index contributed by atoms with van der Waals surface area (Å²) in [5.74, 6) is 1.16. The number of hydrogen-bond acceptors (Lipinski definition) is 7. The zero-order valence-electron chi connectivity index (χ0n) is 19.6. The van der Waals surface area contributed by atoms with Crippen molar-refractivity contribution in [1.82, 2.24) is 14.9 Å². The summed E-state index contributed by atoms with van der Waals surface area (Å²) in [7, 11) is 1.58. The van der Waals surface area contributed by atoms with Crippen LogP contribution >= 0.6 is 0 Å². The van der Waals surface area contributed by atoms with Gasteiger partial charge in [-0.3, -0.25) is 4.79 Å². The van der Waals surface area contributed by atoms with Gasteiger partial charge < -0.3 is 24.5 Å². The van der Waals surface area contributed by atoms with E-state index in [4.69, 9.17) is 14.7 Å². The summed E-state index contributed by atoms with van der Waals surface area (Å²) in [6.45, 7) is 9.61. The third-order valence-corrected chi connectivity index (χ3v) is 6.83. The summed E-state index contributed by atoms with van der Waals surface area (Å²) >= 11 is 0. The lowest BCUT2D eigenvalue weighted by atomic mass is 9.99. The summed E-state index contributed by atoms with van der Waals surface area (Å²) in [6.07, 6.45) is 2.15. The average molecular weight is 460 g/mol. The summed E-state index contributed by atoms with van der Waals surface area (Å²) < 4.78 is 5.46. The number of methoxy groups -OCH3 is 1. The molecule has 1 saturated heterocycles. The number of carbonyl (C=O) groups excluding carboxylic acids is 1. The molecule has 1 N–H and O–H groups in total. The van der Waals surface area contributed by atoms with Crippen molar-refractivity contribution < 1.29 is 14.6 Å². The maximum absolute atomic E-state index is 12.0. The Bertz CT molecular complexity index is 1270. The van der Waals surface area contributed by atoms with Gasteiger partial charge in [-0.2, -0.15) is 9.97 Å². The van der Waals surface area contributed by atoms with E-state index in [9.17, 15) is 9.90 Å². The standard InChI is InChI=1S/C26H29N5O3/c1-4-23(33)29-11-13-30(14-12-29)25-20-9-10-31(16-21(20)27-26(28-25)34-3)24-17(2)22(32)15-18-7-5-6-8-19(18)24/h4-8,15,32H,1,9-14,16H2,2-3H3. The number of phenols is 1. The monoisotopic (exact) mass is 459 g/mol. The predicted octanol–water partition coefficient (Wildman–Crippen LogP) is 3.05. The van der Waals surface area contributed by atoms with Gasteiger partial charge in [0, 0.05) is 49.2 Å². The second-order valence-corrected chi connectivity index (χ2v) is 8.74. The Morgan fingerprint density at radius 3 is 2.62 bits per heavy atom. The van der Waals surface area contributed by atoms with Crippen LogP contribution in [0.3, 0.4) is 0 Å². The number of phenolic OH excluding ortho intramolecular Hbond substituents is 1. The minimum absolute atomic E-state index is 0.0358. The zero-order chi connectivity index (χ0) is 23.8. The number of anilines is 2. The van der Waals surface area contributed by atoms with Crippen LogP contribution in [0.4, 0.5) is 11.5 Å². The first kappa shape index (κ1) is 22.0. The lowest BCUT2D eigenvalue weighted by Crippen LogP contribution is -2.49. The molecule has 5 rings (SSSR count). The zero-order valence-corrected chi connectivity index (χ0v) is 19.6. The Labute approximate surface area is 199 Å². The van der Waals surface area contributed by atoms with Crippen LogP contribution < -0.4 is 14.5 Å². The number of aromatic hydroxyl groups is 1. The van der Waals surface area contributed by atoms with Crippen LogP contribution in [-0.2, 0) is 17.8 Å². The fourth-order valence-electron chi connectivity index (χ4n) is 5.02. The third-order valence-electron chi connectivity index (χ3n) is 6.83. The number of amides is 1. The quantitative estimate of drug-likeness (QED) is 0.601. The van der Waals surface area contributed by atoms with Gasteiger partial charge in [0.1, 0.15) is 11.6 Å². The smallest absolute Gasteiger partial charge is 0.318 e. The Kier molecular flexibility index (Phi) is 5.73. The number of aromatic nitrogens is 2. The van der Waals surface area contributed by atoms with Gasteiger partial charge in [-0.15, -0.1) is 0 Å². The minimum Gasteiger partial charge on any atom is -0.508 e. The topological polar surface area (TPSA) is 82.0 Å². The molecule has 8 nitrogen and oxygen atoms in total. The molecule has 3 heterocycles. The molecule has 2 aromatic carbocycles. The third kappa shape index (κ3) is 3.79. The summed E-state index contributed by atoms with van der Waals surface area (Å²) in [6, 6.07) is 10.3. The van der Waals surface area contributed by atoms with E-state index in [1.54, 1.807) is 7.11 Å². The van der Waals surface area contributed by atoms with Crippen LogP contribution in [0.2, 0.25) is 0 Å². The second-order valence-electron chi connectivity index (χ2n) is 8.74. The van der Waals surface area contributed by atoms with E-state index >= 15 is 0 Å². The van der Waals surface area contributed by atoms with E-state index in [0.717, 1.165) is 52.1 Å². The van der Waals surface area contributed by atoms with Gasteiger partial charge >= 0.3 is 6.01 Å². The van der Waals surface area contributed by atoms with Gasteiger partial charge in [-0.25, -0.2) is 0 Å². The van der Waals surface area contributed by atoms with Crippen molar-refractivity contribution in [1.29, 1.82) is 0 Å². The highest BCUT2D eigenvalue weighted by atomic mass is 16.5. The Balaban J connectivity index is 1.49. The van der Waals surface area contributed by atoms with E-state index < -0.39 is 0 Å². The van der Waals surface area contributed by atoms with Crippen molar-refractivity contribution in [2.75, 3.05) is 49.6 Å². The fraction of sp³-hybridized carbons (Fsp3) is 0.346. The van der Waals surface area contributed by atoms with Gasteiger partial charge in [0.05, 0.1) is 25.0 Å². The van der Waals surface area contributed by atoms with Crippen molar-refractivity contribution in [3.63, 3.8) is 0 Å². The molecule has 1 aromatic heterocycles. The number of hydrogen-bond donors (Lipinski definition) is 1. The summed E-state index contributed by atoms with van der Waals surface area (Å²) in [5.41, 5.74) is 3.97. The van der Waals surface area contributed by atoms with E-state index in [0.29, 0.717) is 44.5 Å². The minimum atomic E-state index is -0.0358. The highest BCUT2D eigenvalue weighted by molar-refractivity contribution is 5.97. The number of ether oxygens (including phenoxy) is 1. The number of carbonyl (C=O) groups is 1. The molecule has 2 aliphatic rings. The second kappa shape index (κ2) is 8.85. The molecular formula is C26H29N5O3. The molecule has 8 heteroatoms. The average Bonchev–Trinajstić information content (AvgIpc) is 2.88. The first-order valence-electron chi connectivity index (χ1n) is 11.6. The Hall–Kier alpha value is -3.81. The molecule has 2 aliphatic heterocycles. The molecule has 0 radical (unpaired) electrons. The van der Waals surface area contributed by atoms with Crippen molar-refractivity contribution in [2.24, 2.45) is 0 Å². The molecular weight excluding hydrogens is 430 g/mol. The molecule has 0 spiro atoms. The van der Waals surface area contributed by atoms with Crippen LogP contribution in [0.25, 0.3) is 10.8 Å². The van der Waals surface area contributed by atoms with Gasteiger partial charge in [-0.05, 0) is 30.9 Å². The maximum Gasteiger partial charge on any atom is 0.318 e. The molecule has 1 fully saturated rings. The SMILES string of the molecule is C=CC(=O)N1CCN(c2nc(OC)nc3c2CCN(c2c(C)c(O)cc4ccccc24)C3)CC1.